The van der Waals surface area contributed by atoms with Gasteiger partial charge in [0.15, 0.2) is 0 Å². The van der Waals surface area contributed by atoms with Gasteiger partial charge in [-0.1, -0.05) is 6.07 Å². The number of benzene rings is 1. The molecule has 12 nitrogen and oxygen atoms in total. The van der Waals surface area contributed by atoms with Crippen LogP contribution in [-0.2, 0) is 32.1 Å². The van der Waals surface area contributed by atoms with Crippen LogP contribution in [-0.4, -0.2) is 62.7 Å². The van der Waals surface area contributed by atoms with E-state index in [1.54, 1.807) is 36.0 Å². The van der Waals surface area contributed by atoms with Crippen molar-refractivity contribution in [1.29, 1.82) is 0 Å². The quantitative estimate of drug-likeness (QED) is 0.283. The fourth-order valence-electron chi connectivity index (χ4n) is 4.29. The zero-order valence-corrected chi connectivity index (χ0v) is 19.9. The second kappa shape index (κ2) is 10.1. The summed E-state index contributed by atoms with van der Waals surface area (Å²) >= 11 is 0. The Morgan fingerprint density at radius 1 is 1.11 bits per heavy atom. The van der Waals surface area contributed by atoms with Gasteiger partial charge in [-0.3, -0.25) is 39.0 Å². The number of hydrogen-bond donors (Lipinski definition) is 3. The van der Waals surface area contributed by atoms with E-state index >= 15 is 0 Å². The smallest absolute Gasteiger partial charge is 0.314 e. The van der Waals surface area contributed by atoms with E-state index in [0.717, 1.165) is 16.0 Å². The van der Waals surface area contributed by atoms with Gasteiger partial charge in [0.2, 0.25) is 11.8 Å². The van der Waals surface area contributed by atoms with Crippen molar-refractivity contribution in [2.45, 2.75) is 52.1 Å². The molecule has 1 aromatic heterocycles. The van der Waals surface area contributed by atoms with Crippen LogP contribution in [0.5, 0.6) is 0 Å². The van der Waals surface area contributed by atoms with Crippen molar-refractivity contribution in [3.05, 3.63) is 46.6 Å². The summed E-state index contributed by atoms with van der Waals surface area (Å²) in [5, 5.41) is 11.4. The molecular formula is C24H26N6O6. The maximum absolute atomic E-state index is 12.9. The summed E-state index contributed by atoms with van der Waals surface area (Å²) in [6.45, 7) is 4.43. The Labute approximate surface area is 206 Å². The minimum absolute atomic E-state index is 0.0562. The summed E-state index contributed by atoms with van der Waals surface area (Å²) in [5.74, 6) is -3.30. The normalized spacial score (nSPS) is 17.2. The van der Waals surface area contributed by atoms with Crippen LogP contribution in [0, 0.1) is 6.92 Å². The molecule has 2 aliphatic rings. The van der Waals surface area contributed by atoms with Crippen LogP contribution in [0.4, 0.5) is 5.82 Å². The maximum Gasteiger partial charge on any atom is 0.314 e. The molecule has 1 fully saturated rings. The van der Waals surface area contributed by atoms with Gasteiger partial charge in [0.25, 0.3) is 11.8 Å². The highest BCUT2D eigenvalue weighted by Gasteiger charge is 2.44. The molecule has 0 bridgehead atoms. The number of fused-ring (bicyclic) bond motifs is 1. The van der Waals surface area contributed by atoms with Gasteiger partial charge in [-0.05, 0) is 50.8 Å². The number of rotatable bonds is 7. The van der Waals surface area contributed by atoms with E-state index in [-0.39, 0.29) is 30.5 Å². The molecule has 12 heteroatoms. The van der Waals surface area contributed by atoms with Gasteiger partial charge >= 0.3 is 11.8 Å². The van der Waals surface area contributed by atoms with E-state index in [4.69, 9.17) is 0 Å². The Morgan fingerprint density at radius 3 is 2.58 bits per heavy atom. The van der Waals surface area contributed by atoms with E-state index in [2.05, 4.69) is 21.0 Å². The lowest BCUT2D eigenvalue weighted by Crippen LogP contribution is -2.54. The molecule has 1 aromatic carbocycles. The number of anilines is 1. The molecule has 0 spiro atoms. The first-order chi connectivity index (χ1) is 17.2. The number of aromatic nitrogens is 2. The summed E-state index contributed by atoms with van der Waals surface area (Å²) < 4.78 is 1.59. The number of piperidine rings is 1. The average Bonchev–Trinajstić information content (AvgIpc) is 3.32. The fourth-order valence-corrected chi connectivity index (χ4v) is 4.29. The van der Waals surface area contributed by atoms with Crippen molar-refractivity contribution in [1.82, 2.24) is 25.3 Å². The van der Waals surface area contributed by atoms with Gasteiger partial charge in [0.1, 0.15) is 11.9 Å². The molecule has 36 heavy (non-hydrogen) atoms. The largest absolute Gasteiger partial charge is 0.348 e. The van der Waals surface area contributed by atoms with Crippen LogP contribution in [0.25, 0.3) is 0 Å². The van der Waals surface area contributed by atoms with Gasteiger partial charge in [0.05, 0.1) is 17.3 Å². The van der Waals surface area contributed by atoms with E-state index in [1.165, 1.54) is 0 Å². The van der Waals surface area contributed by atoms with Crippen molar-refractivity contribution in [2.24, 2.45) is 0 Å². The summed E-state index contributed by atoms with van der Waals surface area (Å²) in [6, 6.07) is 3.84. The number of nitrogens with one attached hydrogen (secondary N) is 3. The monoisotopic (exact) mass is 494 g/mol. The minimum Gasteiger partial charge on any atom is -0.348 e. The van der Waals surface area contributed by atoms with Crippen LogP contribution in [0.15, 0.2) is 24.4 Å². The predicted octanol–water partition coefficient (Wildman–Crippen LogP) is 0.300. The lowest BCUT2D eigenvalue weighted by molar-refractivity contribution is -0.136. The summed E-state index contributed by atoms with van der Waals surface area (Å²) in [5.41, 5.74) is 1.92. The summed E-state index contributed by atoms with van der Waals surface area (Å²) in [7, 11) is 0. The zero-order valence-electron chi connectivity index (χ0n) is 19.9. The molecular weight excluding hydrogens is 468 g/mol. The molecule has 0 aliphatic carbocycles. The number of imide groups is 2. The van der Waals surface area contributed by atoms with Crippen molar-refractivity contribution >= 4 is 41.3 Å². The Hall–Kier alpha value is -4.35. The third-order valence-corrected chi connectivity index (χ3v) is 6.19. The highest BCUT2D eigenvalue weighted by atomic mass is 16.2. The second-order valence-corrected chi connectivity index (χ2v) is 8.63. The lowest BCUT2D eigenvalue weighted by atomic mass is 10.0. The topological polar surface area (TPSA) is 160 Å². The summed E-state index contributed by atoms with van der Waals surface area (Å²) in [4.78, 5) is 74.5. The molecule has 1 saturated heterocycles. The molecule has 0 radical (unpaired) electrons. The lowest BCUT2D eigenvalue weighted by Gasteiger charge is -2.27. The predicted molar refractivity (Wildman–Crippen MR) is 126 cm³/mol. The minimum atomic E-state index is -1.01. The van der Waals surface area contributed by atoms with Crippen LogP contribution in [0.1, 0.15) is 58.0 Å². The van der Waals surface area contributed by atoms with Gasteiger partial charge in [-0.2, -0.15) is 5.10 Å². The maximum atomic E-state index is 12.9. The first-order valence-electron chi connectivity index (χ1n) is 11.7. The second-order valence-electron chi connectivity index (χ2n) is 8.63. The van der Waals surface area contributed by atoms with Crippen LogP contribution in [0.3, 0.4) is 0 Å². The average molecular weight is 495 g/mol. The van der Waals surface area contributed by atoms with Crippen molar-refractivity contribution < 1.29 is 28.8 Å². The number of hydrogen-bond acceptors (Lipinski definition) is 7. The number of carbonyl (C=O) groups is 6. The molecule has 6 amide bonds. The van der Waals surface area contributed by atoms with Gasteiger partial charge in [-0.25, -0.2) is 4.68 Å². The third kappa shape index (κ3) is 4.74. The molecule has 0 saturated carbocycles. The number of carbonyl (C=O) groups excluding carboxylic acids is 6. The molecule has 2 aliphatic heterocycles. The SMILES string of the molecule is CCn1ncc(C)c1NC(=O)C(=O)NCCCc1ccc2c(c1)C(=O)N(C1CCC(=O)NC1=O)C2=O. The van der Waals surface area contributed by atoms with E-state index in [0.29, 0.717) is 25.2 Å². The fraction of sp³-hybridized carbons (Fsp3) is 0.375. The van der Waals surface area contributed by atoms with E-state index in [9.17, 15) is 28.8 Å². The van der Waals surface area contributed by atoms with Crippen molar-refractivity contribution in [3.8, 4) is 0 Å². The molecule has 1 atom stereocenters. The highest BCUT2D eigenvalue weighted by Crippen LogP contribution is 2.28. The Morgan fingerprint density at radius 2 is 1.86 bits per heavy atom. The van der Waals surface area contributed by atoms with Crippen LogP contribution < -0.4 is 16.0 Å². The first kappa shape index (κ1) is 24.8. The van der Waals surface area contributed by atoms with Gasteiger partial charge < -0.3 is 10.6 Å². The highest BCUT2D eigenvalue weighted by molar-refractivity contribution is 6.39. The van der Waals surface area contributed by atoms with Crippen molar-refractivity contribution in [3.63, 3.8) is 0 Å². The van der Waals surface area contributed by atoms with E-state index in [1.807, 2.05) is 6.92 Å². The number of nitrogens with zero attached hydrogens (tertiary/aromatic N) is 3. The standard InChI is InChI=1S/C24H26N6O6/c1-3-29-19(13(2)12-26-29)28-22(34)21(33)25-10-4-5-14-6-7-15-16(11-14)24(36)30(23(15)35)17-8-9-18(31)27-20(17)32/h6-7,11-12,17H,3-5,8-10H2,1-2H3,(H,25,33)(H,28,34)(H,27,31,32). The molecule has 188 valence electrons. The molecule has 3 N–H and O–H groups in total. The van der Waals surface area contributed by atoms with Crippen LogP contribution >= 0.6 is 0 Å². The van der Waals surface area contributed by atoms with E-state index < -0.39 is 41.5 Å². The number of aryl methyl sites for hydroxylation is 3. The van der Waals surface area contributed by atoms with Gasteiger partial charge in [-0.15, -0.1) is 0 Å². The molecule has 2 aromatic rings. The Bertz CT molecular complexity index is 1280. The Balaban J connectivity index is 1.31. The Kier molecular flexibility index (Phi) is 6.95. The third-order valence-electron chi connectivity index (χ3n) is 6.19. The van der Waals surface area contributed by atoms with Crippen molar-refractivity contribution in [2.75, 3.05) is 11.9 Å². The number of amides is 6. The summed E-state index contributed by atoms with van der Waals surface area (Å²) in [6.07, 6.45) is 2.73. The first-order valence-corrected chi connectivity index (χ1v) is 11.7. The molecule has 4 rings (SSSR count). The van der Waals surface area contributed by atoms with Crippen LogP contribution in [0.2, 0.25) is 0 Å². The molecule has 1 unspecified atom stereocenters. The van der Waals surface area contributed by atoms with Gasteiger partial charge in [0, 0.05) is 25.1 Å². The zero-order chi connectivity index (χ0) is 26.0. The molecule has 3 heterocycles.